The molecule has 0 bridgehead atoms. The molecule has 3 aromatic rings. The highest BCUT2D eigenvalue weighted by molar-refractivity contribution is 7.90. The lowest BCUT2D eigenvalue weighted by molar-refractivity contribution is -0.137. The summed E-state index contributed by atoms with van der Waals surface area (Å²) >= 11 is 0. The quantitative estimate of drug-likeness (QED) is 0.564. The number of nitrogens with zero attached hydrogens (tertiary/aromatic N) is 2. The van der Waals surface area contributed by atoms with E-state index in [1.807, 2.05) is 0 Å². The average molecular weight is 432 g/mol. The number of halogens is 3. The Balaban J connectivity index is 2.11. The molecule has 3 rings (SSSR count). The van der Waals surface area contributed by atoms with Crippen LogP contribution < -0.4 is 4.74 Å². The summed E-state index contributed by atoms with van der Waals surface area (Å²) in [5.41, 5.74) is -0.477. The highest BCUT2D eigenvalue weighted by Gasteiger charge is 2.31. The minimum absolute atomic E-state index is 0.0165. The van der Waals surface area contributed by atoms with E-state index in [0.717, 1.165) is 24.6 Å². The Morgan fingerprint density at radius 1 is 1.10 bits per heavy atom. The van der Waals surface area contributed by atoms with Crippen LogP contribution in [0.2, 0.25) is 0 Å². The molecule has 5 nitrogen and oxygen atoms in total. The number of hydrogen-bond acceptors (Lipinski definition) is 5. The summed E-state index contributed by atoms with van der Waals surface area (Å²) in [4.78, 5) is 8.08. The van der Waals surface area contributed by atoms with Crippen molar-refractivity contribution in [3.8, 4) is 40.7 Å². The van der Waals surface area contributed by atoms with Crippen LogP contribution in [0.3, 0.4) is 0 Å². The summed E-state index contributed by atoms with van der Waals surface area (Å²) in [5.74, 6) is 3.01. The van der Waals surface area contributed by atoms with Gasteiger partial charge in [-0.15, -0.1) is 6.42 Å². The van der Waals surface area contributed by atoms with E-state index in [2.05, 4.69) is 15.9 Å². The number of terminal acetylenes is 1. The van der Waals surface area contributed by atoms with E-state index >= 15 is 0 Å². The van der Waals surface area contributed by atoms with Crippen LogP contribution in [0.1, 0.15) is 5.56 Å². The fourth-order valence-electron chi connectivity index (χ4n) is 2.66. The molecule has 0 aliphatic carbocycles. The van der Waals surface area contributed by atoms with E-state index in [9.17, 15) is 21.6 Å². The molecule has 154 valence electrons. The number of rotatable bonds is 5. The molecule has 1 aromatic heterocycles. The summed E-state index contributed by atoms with van der Waals surface area (Å²) < 4.78 is 69.0. The lowest BCUT2D eigenvalue weighted by Crippen LogP contribution is -2.07. The number of alkyl halides is 3. The summed E-state index contributed by atoms with van der Waals surface area (Å²) in [5, 5.41) is 0. The van der Waals surface area contributed by atoms with Crippen molar-refractivity contribution in [3.63, 3.8) is 0 Å². The first-order chi connectivity index (χ1) is 14.1. The van der Waals surface area contributed by atoms with Crippen LogP contribution in [0.25, 0.3) is 22.6 Å². The van der Waals surface area contributed by atoms with Crippen LogP contribution in [0.5, 0.6) is 5.75 Å². The minimum Gasteiger partial charge on any atom is -0.481 e. The maximum atomic E-state index is 13.1. The largest absolute Gasteiger partial charge is 0.481 e. The molecule has 0 aliphatic heterocycles. The third-order valence-electron chi connectivity index (χ3n) is 4.05. The molecule has 1 heterocycles. The highest BCUT2D eigenvalue weighted by Crippen LogP contribution is 2.34. The smallest absolute Gasteiger partial charge is 0.416 e. The number of sulfone groups is 1. The van der Waals surface area contributed by atoms with Crippen molar-refractivity contribution in [2.45, 2.75) is 11.1 Å². The zero-order valence-electron chi connectivity index (χ0n) is 15.6. The molecule has 0 aliphatic rings. The molecule has 2 aromatic carbocycles. The number of hydrogen-bond donors (Lipinski definition) is 0. The van der Waals surface area contributed by atoms with Crippen molar-refractivity contribution in [2.75, 3.05) is 12.9 Å². The molecule has 0 amide bonds. The number of benzene rings is 2. The first-order valence-corrected chi connectivity index (χ1v) is 10.4. The number of aromatic nitrogens is 2. The first kappa shape index (κ1) is 21.3. The van der Waals surface area contributed by atoms with Gasteiger partial charge in [0.1, 0.15) is 17.3 Å². The molecule has 9 heteroatoms. The van der Waals surface area contributed by atoms with E-state index in [1.54, 1.807) is 24.3 Å². The summed E-state index contributed by atoms with van der Waals surface area (Å²) in [6.45, 7) is 0.0958. The van der Waals surface area contributed by atoms with Gasteiger partial charge in [-0.1, -0.05) is 18.1 Å². The van der Waals surface area contributed by atoms with E-state index in [-0.39, 0.29) is 28.6 Å². The van der Waals surface area contributed by atoms with E-state index in [0.29, 0.717) is 11.3 Å². The molecule has 30 heavy (non-hydrogen) atoms. The highest BCUT2D eigenvalue weighted by atomic mass is 32.2. The second-order valence-electron chi connectivity index (χ2n) is 6.27. The molecule has 0 radical (unpaired) electrons. The maximum absolute atomic E-state index is 13.1. The Hall–Kier alpha value is -3.38. The molecular weight excluding hydrogens is 417 g/mol. The molecule has 0 fully saturated rings. The molecule has 0 atom stereocenters. The van der Waals surface area contributed by atoms with Gasteiger partial charge in [-0.2, -0.15) is 13.2 Å². The van der Waals surface area contributed by atoms with Crippen molar-refractivity contribution in [1.29, 1.82) is 0 Å². The molecule has 0 spiro atoms. The van der Waals surface area contributed by atoms with Gasteiger partial charge in [-0.05, 0) is 36.4 Å². The zero-order valence-corrected chi connectivity index (χ0v) is 16.5. The van der Waals surface area contributed by atoms with E-state index < -0.39 is 21.6 Å². The number of ether oxygens (including phenoxy) is 1. The predicted molar refractivity (Wildman–Crippen MR) is 105 cm³/mol. The molecule has 0 saturated heterocycles. The van der Waals surface area contributed by atoms with Crippen molar-refractivity contribution in [2.24, 2.45) is 0 Å². The fraction of sp³-hybridized carbons (Fsp3) is 0.143. The Kier molecular flexibility index (Phi) is 5.80. The second kappa shape index (κ2) is 8.16. The molecular formula is C21H15F3N2O3S. The molecule has 0 saturated carbocycles. The predicted octanol–water partition coefficient (Wildman–Crippen LogP) is 4.24. The first-order valence-electron chi connectivity index (χ1n) is 8.51. The van der Waals surface area contributed by atoms with Gasteiger partial charge < -0.3 is 4.74 Å². The van der Waals surface area contributed by atoms with Crippen LogP contribution in [0, 0.1) is 12.3 Å². The van der Waals surface area contributed by atoms with Crippen LogP contribution in [-0.4, -0.2) is 31.2 Å². The SMILES string of the molecule is C#CCOc1ccc(-c2ncc(S(C)(=O)=O)c(-c3cccc(C(F)(F)F)c3)n2)cc1. The lowest BCUT2D eigenvalue weighted by atomic mass is 10.1. The van der Waals surface area contributed by atoms with Gasteiger partial charge >= 0.3 is 6.18 Å². The third kappa shape index (κ3) is 4.78. The Bertz CT molecular complexity index is 1220. The topological polar surface area (TPSA) is 69.2 Å². The zero-order chi connectivity index (χ0) is 21.9. The van der Waals surface area contributed by atoms with Crippen LogP contribution in [0.4, 0.5) is 13.2 Å². The monoisotopic (exact) mass is 432 g/mol. The van der Waals surface area contributed by atoms with Gasteiger partial charge in [0, 0.05) is 17.4 Å². The Morgan fingerprint density at radius 3 is 2.40 bits per heavy atom. The van der Waals surface area contributed by atoms with Gasteiger partial charge in [0.15, 0.2) is 15.7 Å². The third-order valence-corrected chi connectivity index (χ3v) is 5.15. The summed E-state index contributed by atoms with van der Waals surface area (Å²) in [6.07, 6.45) is 2.60. The second-order valence-corrected chi connectivity index (χ2v) is 8.26. The van der Waals surface area contributed by atoms with Crippen molar-refractivity contribution in [1.82, 2.24) is 9.97 Å². The molecule has 0 N–H and O–H groups in total. The van der Waals surface area contributed by atoms with Crippen molar-refractivity contribution >= 4 is 9.84 Å². The van der Waals surface area contributed by atoms with Gasteiger partial charge in [0.2, 0.25) is 0 Å². The van der Waals surface area contributed by atoms with Gasteiger partial charge in [0.25, 0.3) is 0 Å². The normalized spacial score (nSPS) is 11.7. The average Bonchev–Trinajstić information content (AvgIpc) is 2.71. The Morgan fingerprint density at radius 2 is 1.80 bits per heavy atom. The van der Waals surface area contributed by atoms with Crippen LogP contribution in [-0.2, 0) is 16.0 Å². The summed E-state index contributed by atoms with van der Waals surface area (Å²) in [6, 6.07) is 10.9. The summed E-state index contributed by atoms with van der Waals surface area (Å²) in [7, 11) is -3.79. The van der Waals surface area contributed by atoms with Gasteiger partial charge in [-0.25, -0.2) is 18.4 Å². The van der Waals surface area contributed by atoms with Crippen LogP contribution in [0.15, 0.2) is 59.6 Å². The maximum Gasteiger partial charge on any atom is 0.416 e. The Labute approximate surface area is 171 Å². The van der Waals surface area contributed by atoms with Crippen molar-refractivity contribution in [3.05, 3.63) is 60.3 Å². The van der Waals surface area contributed by atoms with E-state index in [1.165, 1.54) is 12.1 Å². The fourth-order valence-corrected chi connectivity index (χ4v) is 3.41. The minimum atomic E-state index is -4.58. The molecule has 0 unspecified atom stereocenters. The van der Waals surface area contributed by atoms with Gasteiger partial charge in [-0.3, -0.25) is 0 Å². The van der Waals surface area contributed by atoms with Crippen LogP contribution >= 0.6 is 0 Å². The lowest BCUT2D eigenvalue weighted by Gasteiger charge is -2.12. The van der Waals surface area contributed by atoms with E-state index in [4.69, 9.17) is 11.2 Å². The van der Waals surface area contributed by atoms with Crippen molar-refractivity contribution < 1.29 is 26.3 Å². The van der Waals surface area contributed by atoms with Gasteiger partial charge in [0.05, 0.1) is 17.5 Å². The standard InChI is InChI=1S/C21H15F3N2O3S/c1-3-11-29-17-9-7-14(8-10-17)20-25-13-18(30(2,27)28)19(26-20)15-5-4-6-16(12-15)21(22,23)24/h1,4-10,12-13H,11H2,2H3.